The number of fused-ring (bicyclic) bond motifs is 1. The van der Waals surface area contributed by atoms with Gasteiger partial charge in [-0.2, -0.15) is 0 Å². The molecule has 0 atom stereocenters. The SMILES string of the molecule is CC(C)(O)Cc1cc2cc(F)ccc2s1. The minimum atomic E-state index is -0.709. The second kappa shape index (κ2) is 3.58. The van der Waals surface area contributed by atoms with Crippen LogP contribution in [0.4, 0.5) is 4.39 Å². The van der Waals surface area contributed by atoms with E-state index in [2.05, 4.69) is 0 Å². The number of thiophene rings is 1. The Labute approximate surface area is 92.2 Å². The fourth-order valence-electron chi connectivity index (χ4n) is 1.58. The van der Waals surface area contributed by atoms with E-state index in [1.54, 1.807) is 31.3 Å². The van der Waals surface area contributed by atoms with Gasteiger partial charge in [-0.05, 0) is 43.5 Å². The molecule has 1 aromatic carbocycles. The molecule has 0 saturated heterocycles. The number of hydrogen-bond donors (Lipinski definition) is 1. The average Bonchev–Trinajstić information content (AvgIpc) is 2.42. The van der Waals surface area contributed by atoms with E-state index < -0.39 is 5.60 Å². The average molecular weight is 224 g/mol. The Morgan fingerprint density at radius 3 is 2.73 bits per heavy atom. The van der Waals surface area contributed by atoms with Crippen molar-refractivity contribution in [3.8, 4) is 0 Å². The third-order valence-corrected chi connectivity index (χ3v) is 3.25. The normalized spacial score (nSPS) is 12.3. The van der Waals surface area contributed by atoms with Crippen LogP contribution in [0.1, 0.15) is 18.7 Å². The number of halogens is 1. The standard InChI is InChI=1S/C12H13FOS/c1-12(2,14)7-10-6-8-5-9(13)3-4-11(8)15-10/h3-6,14H,7H2,1-2H3. The van der Waals surface area contributed by atoms with Crippen molar-refractivity contribution in [2.24, 2.45) is 0 Å². The van der Waals surface area contributed by atoms with E-state index in [9.17, 15) is 9.50 Å². The van der Waals surface area contributed by atoms with Gasteiger partial charge in [-0.1, -0.05) is 0 Å². The van der Waals surface area contributed by atoms with E-state index in [1.807, 2.05) is 6.07 Å². The summed E-state index contributed by atoms with van der Waals surface area (Å²) in [5.41, 5.74) is -0.709. The van der Waals surface area contributed by atoms with Crippen LogP contribution in [-0.2, 0) is 6.42 Å². The minimum absolute atomic E-state index is 0.213. The van der Waals surface area contributed by atoms with Crippen LogP contribution in [-0.4, -0.2) is 10.7 Å². The molecular formula is C12H13FOS. The summed E-state index contributed by atoms with van der Waals surface area (Å²) in [5.74, 6) is -0.213. The second-order valence-corrected chi connectivity index (χ2v) is 5.55. The first-order valence-corrected chi connectivity index (χ1v) is 5.66. The van der Waals surface area contributed by atoms with Crippen molar-refractivity contribution in [3.05, 3.63) is 35.0 Å². The van der Waals surface area contributed by atoms with Crippen molar-refractivity contribution >= 4 is 21.4 Å². The summed E-state index contributed by atoms with van der Waals surface area (Å²) in [6.07, 6.45) is 0.605. The lowest BCUT2D eigenvalue weighted by atomic mass is 10.0. The zero-order valence-corrected chi connectivity index (χ0v) is 9.57. The van der Waals surface area contributed by atoms with Gasteiger partial charge in [0.05, 0.1) is 5.60 Å². The van der Waals surface area contributed by atoms with Crippen molar-refractivity contribution in [1.82, 2.24) is 0 Å². The molecular weight excluding hydrogens is 211 g/mol. The van der Waals surface area contributed by atoms with Gasteiger partial charge in [-0.3, -0.25) is 0 Å². The third-order valence-electron chi connectivity index (χ3n) is 2.14. The zero-order chi connectivity index (χ0) is 11.1. The third kappa shape index (κ3) is 2.55. The van der Waals surface area contributed by atoms with Gasteiger partial charge in [0.1, 0.15) is 5.82 Å². The Bertz CT molecular complexity index is 482. The fraction of sp³-hybridized carbons (Fsp3) is 0.333. The van der Waals surface area contributed by atoms with Crippen molar-refractivity contribution in [2.45, 2.75) is 25.9 Å². The molecule has 2 rings (SSSR count). The van der Waals surface area contributed by atoms with Gasteiger partial charge >= 0.3 is 0 Å². The molecule has 0 radical (unpaired) electrons. The maximum absolute atomic E-state index is 12.9. The molecule has 3 heteroatoms. The lowest BCUT2D eigenvalue weighted by Crippen LogP contribution is -2.20. The first kappa shape index (κ1) is 10.6. The highest BCUT2D eigenvalue weighted by atomic mass is 32.1. The first-order valence-electron chi connectivity index (χ1n) is 4.84. The van der Waals surface area contributed by atoms with Gasteiger partial charge in [0, 0.05) is 16.0 Å². The van der Waals surface area contributed by atoms with Crippen LogP contribution in [0.2, 0.25) is 0 Å². The molecule has 1 N–H and O–H groups in total. The number of benzene rings is 1. The molecule has 2 aromatic rings. The van der Waals surface area contributed by atoms with Crippen LogP contribution in [0.25, 0.3) is 10.1 Å². The van der Waals surface area contributed by atoms with Crippen molar-refractivity contribution in [1.29, 1.82) is 0 Å². The Morgan fingerprint density at radius 2 is 2.07 bits per heavy atom. The van der Waals surface area contributed by atoms with Gasteiger partial charge < -0.3 is 5.11 Å². The van der Waals surface area contributed by atoms with Crippen LogP contribution in [0.3, 0.4) is 0 Å². The highest BCUT2D eigenvalue weighted by Crippen LogP contribution is 2.28. The summed E-state index contributed by atoms with van der Waals surface area (Å²) in [7, 11) is 0. The molecule has 1 heterocycles. The predicted molar refractivity (Wildman–Crippen MR) is 61.8 cm³/mol. The highest BCUT2D eigenvalue weighted by Gasteiger charge is 2.15. The van der Waals surface area contributed by atoms with Crippen molar-refractivity contribution in [2.75, 3.05) is 0 Å². The molecule has 80 valence electrons. The summed E-state index contributed by atoms with van der Waals surface area (Å²) in [4.78, 5) is 1.09. The number of aliphatic hydroxyl groups is 1. The first-order chi connectivity index (χ1) is 6.94. The van der Waals surface area contributed by atoms with E-state index in [1.165, 1.54) is 12.1 Å². The van der Waals surface area contributed by atoms with Gasteiger partial charge in [0.15, 0.2) is 0 Å². The molecule has 0 aliphatic rings. The number of rotatable bonds is 2. The summed E-state index contributed by atoms with van der Waals surface area (Å²) in [6, 6.07) is 6.72. The lowest BCUT2D eigenvalue weighted by molar-refractivity contribution is 0.0819. The van der Waals surface area contributed by atoms with Gasteiger partial charge in [0.25, 0.3) is 0 Å². The minimum Gasteiger partial charge on any atom is -0.390 e. The van der Waals surface area contributed by atoms with E-state index in [-0.39, 0.29) is 5.82 Å². The molecule has 1 nitrogen and oxygen atoms in total. The van der Waals surface area contributed by atoms with E-state index in [0.29, 0.717) is 6.42 Å². The molecule has 0 spiro atoms. The van der Waals surface area contributed by atoms with Crippen LogP contribution >= 0.6 is 11.3 Å². The molecule has 0 amide bonds. The largest absolute Gasteiger partial charge is 0.390 e. The lowest BCUT2D eigenvalue weighted by Gasteiger charge is -2.14. The molecule has 0 aliphatic heterocycles. The second-order valence-electron chi connectivity index (χ2n) is 4.38. The van der Waals surface area contributed by atoms with E-state index >= 15 is 0 Å². The highest BCUT2D eigenvalue weighted by molar-refractivity contribution is 7.19. The topological polar surface area (TPSA) is 20.2 Å². The predicted octanol–water partition coefficient (Wildman–Crippen LogP) is 3.35. The van der Waals surface area contributed by atoms with E-state index in [0.717, 1.165) is 15.0 Å². The van der Waals surface area contributed by atoms with Crippen molar-refractivity contribution in [3.63, 3.8) is 0 Å². The Hall–Kier alpha value is -0.930. The van der Waals surface area contributed by atoms with Crippen LogP contribution in [0, 0.1) is 5.82 Å². The maximum atomic E-state index is 12.9. The van der Waals surface area contributed by atoms with Crippen LogP contribution < -0.4 is 0 Å². The summed E-state index contributed by atoms with van der Waals surface area (Å²) in [5, 5.41) is 10.6. The smallest absolute Gasteiger partial charge is 0.123 e. The number of hydrogen-bond acceptors (Lipinski definition) is 2. The molecule has 1 aromatic heterocycles. The Balaban J connectivity index is 2.39. The zero-order valence-electron chi connectivity index (χ0n) is 8.75. The summed E-state index contributed by atoms with van der Waals surface area (Å²) >= 11 is 1.61. The van der Waals surface area contributed by atoms with Gasteiger partial charge in [0.2, 0.25) is 0 Å². The molecule has 0 fully saturated rings. The monoisotopic (exact) mass is 224 g/mol. The Kier molecular flexibility index (Phi) is 2.52. The molecule has 0 saturated carbocycles. The quantitative estimate of drug-likeness (QED) is 0.829. The van der Waals surface area contributed by atoms with Crippen molar-refractivity contribution < 1.29 is 9.50 Å². The maximum Gasteiger partial charge on any atom is 0.123 e. The van der Waals surface area contributed by atoms with Gasteiger partial charge in [-0.25, -0.2) is 4.39 Å². The van der Waals surface area contributed by atoms with Crippen LogP contribution in [0.5, 0.6) is 0 Å². The van der Waals surface area contributed by atoms with Gasteiger partial charge in [-0.15, -0.1) is 11.3 Å². The Morgan fingerprint density at radius 1 is 1.33 bits per heavy atom. The van der Waals surface area contributed by atoms with E-state index in [4.69, 9.17) is 0 Å². The summed E-state index contributed by atoms with van der Waals surface area (Å²) in [6.45, 7) is 3.55. The summed E-state index contributed by atoms with van der Waals surface area (Å²) < 4.78 is 14.0. The fourth-order valence-corrected chi connectivity index (χ4v) is 2.85. The molecule has 0 unspecified atom stereocenters. The molecule has 0 aliphatic carbocycles. The molecule has 15 heavy (non-hydrogen) atoms. The molecule has 0 bridgehead atoms. The van der Waals surface area contributed by atoms with Crippen LogP contribution in [0.15, 0.2) is 24.3 Å².